The molecule has 2 rings (SSSR count). The molecule has 1 aliphatic rings. The molecule has 106 valence electrons. The molecule has 1 saturated carbocycles. The number of aromatic nitrogens is 3. The molecule has 7 heteroatoms. The fraction of sp³-hybridized carbons (Fsp3) is 0.750. The Morgan fingerprint density at radius 2 is 2.00 bits per heavy atom. The molecule has 0 bridgehead atoms. The number of nitrogens with zero attached hydrogens (tertiary/aromatic N) is 3. The molecule has 0 unspecified atom stereocenters. The van der Waals surface area contributed by atoms with Crippen LogP contribution in [0.2, 0.25) is 5.28 Å². The largest absolute Gasteiger partial charge is 0.467 e. The van der Waals surface area contributed by atoms with Crippen molar-refractivity contribution >= 4 is 17.5 Å². The van der Waals surface area contributed by atoms with Gasteiger partial charge in [0.05, 0.1) is 13.7 Å². The standard InChI is InChI=1S/C12H19ClN4O2/c1-19-11-16-9(13)15-10(17-11)14-7-12(8-18)5-3-2-4-6-12/h18H,2-8H2,1H3,(H,14,15,16,17). The van der Waals surface area contributed by atoms with Crippen LogP contribution in [0.5, 0.6) is 6.01 Å². The molecule has 1 heterocycles. The third kappa shape index (κ3) is 3.67. The van der Waals surface area contributed by atoms with E-state index < -0.39 is 0 Å². The van der Waals surface area contributed by atoms with Crippen LogP contribution in [0.25, 0.3) is 0 Å². The van der Waals surface area contributed by atoms with Gasteiger partial charge in [-0.15, -0.1) is 0 Å². The maximum absolute atomic E-state index is 9.63. The Balaban J connectivity index is 2.02. The van der Waals surface area contributed by atoms with Crippen molar-refractivity contribution in [3.63, 3.8) is 0 Å². The summed E-state index contributed by atoms with van der Waals surface area (Å²) in [6, 6.07) is 0.184. The van der Waals surface area contributed by atoms with Gasteiger partial charge in [-0.05, 0) is 24.4 Å². The van der Waals surface area contributed by atoms with Crippen LogP contribution in [-0.4, -0.2) is 40.3 Å². The molecule has 1 aromatic heterocycles. The van der Waals surface area contributed by atoms with Gasteiger partial charge in [0.15, 0.2) is 0 Å². The summed E-state index contributed by atoms with van der Waals surface area (Å²) in [5.41, 5.74) is -0.0788. The Morgan fingerprint density at radius 1 is 1.26 bits per heavy atom. The van der Waals surface area contributed by atoms with Crippen molar-refractivity contribution in [2.45, 2.75) is 32.1 Å². The number of hydrogen-bond donors (Lipinski definition) is 2. The van der Waals surface area contributed by atoms with Gasteiger partial charge in [0.2, 0.25) is 11.2 Å². The number of nitrogens with one attached hydrogen (secondary N) is 1. The van der Waals surface area contributed by atoms with Gasteiger partial charge in [-0.1, -0.05) is 19.3 Å². The number of methoxy groups -OCH3 is 1. The Kier molecular flexibility index (Phi) is 4.76. The number of aliphatic hydroxyl groups excluding tert-OH is 1. The summed E-state index contributed by atoms with van der Waals surface area (Å²) < 4.78 is 4.94. The summed E-state index contributed by atoms with van der Waals surface area (Å²) in [5, 5.41) is 12.9. The molecular weight excluding hydrogens is 268 g/mol. The van der Waals surface area contributed by atoms with Crippen molar-refractivity contribution in [1.82, 2.24) is 15.0 Å². The number of rotatable bonds is 5. The zero-order chi connectivity index (χ0) is 13.7. The average Bonchev–Trinajstić information content (AvgIpc) is 2.45. The quantitative estimate of drug-likeness (QED) is 0.860. The van der Waals surface area contributed by atoms with E-state index in [0.717, 1.165) is 25.7 Å². The van der Waals surface area contributed by atoms with Gasteiger partial charge in [0.1, 0.15) is 0 Å². The van der Waals surface area contributed by atoms with E-state index in [1.165, 1.54) is 13.5 Å². The number of hydrogen-bond acceptors (Lipinski definition) is 6. The topological polar surface area (TPSA) is 80.2 Å². The minimum Gasteiger partial charge on any atom is -0.467 e. The third-order valence-corrected chi connectivity index (χ3v) is 3.81. The van der Waals surface area contributed by atoms with Crippen LogP contribution in [0.4, 0.5) is 5.95 Å². The lowest BCUT2D eigenvalue weighted by molar-refractivity contribution is 0.0942. The molecule has 0 radical (unpaired) electrons. The fourth-order valence-corrected chi connectivity index (χ4v) is 2.61. The number of ether oxygens (including phenoxy) is 1. The van der Waals surface area contributed by atoms with Crippen LogP contribution in [0, 0.1) is 5.41 Å². The van der Waals surface area contributed by atoms with Crippen molar-refractivity contribution < 1.29 is 9.84 Å². The van der Waals surface area contributed by atoms with Crippen molar-refractivity contribution in [3.8, 4) is 6.01 Å². The highest BCUT2D eigenvalue weighted by atomic mass is 35.5. The number of halogens is 1. The second kappa shape index (κ2) is 6.34. The van der Waals surface area contributed by atoms with E-state index in [9.17, 15) is 5.11 Å². The lowest BCUT2D eigenvalue weighted by Crippen LogP contribution is -2.36. The molecule has 0 atom stereocenters. The molecule has 1 aromatic rings. The van der Waals surface area contributed by atoms with E-state index in [1.807, 2.05) is 0 Å². The minimum absolute atomic E-state index is 0.0788. The summed E-state index contributed by atoms with van der Waals surface area (Å²) in [5.74, 6) is 0.384. The summed E-state index contributed by atoms with van der Waals surface area (Å²) in [6.45, 7) is 0.808. The third-order valence-electron chi connectivity index (χ3n) is 3.64. The summed E-state index contributed by atoms with van der Waals surface area (Å²) in [7, 11) is 1.48. The second-order valence-corrected chi connectivity index (χ2v) is 5.33. The molecule has 19 heavy (non-hydrogen) atoms. The molecule has 6 nitrogen and oxygen atoms in total. The van der Waals surface area contributed by atoms with Gasteiger partial charge in [-0.2, -0.15) is 15.0 Å². The number of aliphatic hydroxyl groups is 1. The van der Waals surface area contributed by atoms with E-state index in [-0.39, 0.29) is 23.3 Å². The van der Waals surface area contributed by atoms with E-state index in [2.05, 4.69) is 20.3 Å². The lowest BCUT2D eigenvalue weighted by Gasteiger charge is -2.35. The molecule has 0 spiro atoms. The molecule has 0 aliphatic heterocycles. The SMILES string of the molecule is COc1nc(Cl)nc(NCC2(CO)CCCCC2)n1. The van der Waals surface area contributed by atoms with Gasteiger partial charge < -0.3 is 15.2 Å². The summed E-state index contributed by atoms with van der Waals surface area (Å²) in [6.07, 6.45) is 5.60. The van der Waals surface area contributed by atoms with E-state index in [1.54, 1.807) is 0 Å². The van der Waals surface area contributed by atoms with Gasteiger partial charge in [-0.25, -0.2) is 0 Å². The first kappa shape index (κ1) is 14.3. The molecule has 0 saturated heterocycles. The monoisotopic (exact) mass is 286 g/mol. The van der Waals surface area contributed by atoms with Crippen LogP contribution in [0.15, 0.2) is 0 Å². The van der Waals surface area contributed by atoms with Gasteiger partial charge in [0, 0.05) is 12.0 Å². The van der Waals surface area contributed by atoms with Gasteiger partial charge in [0.25, 0.3) is 0 Å². The van der Waals surface area contributed by atoms with Crippen molar-refractivity contribution in [3.05, 3.63) is 5.28 Å². The molecule has 2 N–H and O–H groups in total. The zero-order valence-electron chi connectivity index (χ0n) is 11.0. The molecule has 0 amide bonds. The van der Waals surface area contributed by atoms with Gasteiger partial charge >= 0.3 is 6.01 Å². The highest BCUT2D eigenvalue weighted by molar-refractivity contribution is 6.28. The normalized spacial score (nSPS) is 18.1. The Labute approximate surface area is 117 Å². The van der Waals surface area contributed by atoms with E-state index >= 15 is 0 Å². The first-order chi connectivity index (χ1) is 9.17. The minimum atomic E-state index is -0.0788. The molecule has 0 aromatic carbocycles. The zero-order valence-corrected chi connectivity index (χ0v) is 11.8. The fourth-order valence-electron chi connectivity index (χ4n) is 2.46. The molecule has 1 fully saturated rings. The van der Waals surface area contributed by atoms with Gasteiger partial charge in [-0.3, -0.25) is 0 Å². The van der Waals surface area contributed by atoms with Crippen molar-refractivity contribution in [1.29, 1.82) is 0 Å². The molecule has 1 aliphatic carbocycles. The van der Waals surface area contributed by atoms with Crippen molar-refractivity contribution in [2.24, 2.45) is 5.41 Å². The maximum atomic E-state index is 9.63. The Morgan fingerprint density at radius 3 is 2.63 bits per heavy atom. The van der Waals surface area contributed by atoms with Crippen LogP contribution >= 0.6 is 11.6 Å². The highest BCUT2D eigenvalue weighted by Gasteiger charge is 2.31. The predicted octanol–water partition coefficient (Wildman–Crippen LogP) is 1.89. The van der Waals surface area contributed by atoms with E-state index in [0.29, 0.717) is 12.5 Å². The maximum Gasteiger partial charge on any atom is 0.322 e. The van der Waals surface area contributed by atoms with Crippen LogP contribution in [0.1, 0.15) is 32.1 Å². The Hall–Kier alpha value is -1.14. The lowest BCUT2D eigenvalue weighted by atomic mass is 9.74. The highest BCUT2D eigenvalue weighted by Crippen LogP contribution is 2.35. The molecular formula is C12H19ClN4O2. The van der Waals surface area contributed by atoms with Crippen molar-refractivity contribution in [2.75, 3.05) is 25.6 Å². The smallest absolute Gasteiger partial charge is 0.322 e. The van der Waals surface area contributed by atoms with Crippen LogP contribution in [-0.2, 0) is 0 Å². The number of anilines is 1. The first-order valence-corrected chi connectivity index (χ1v) is 6.85. The average molecular weight is 287 g/mol. The summed E-state index contributed by atoms with van der Waals surface area (Å²) in [4.78, 5) is 11.9. The summed E-state index contributed by atoms with van der Waals surface area (Å²) >= 11 is 5.79. The van der Waals surface area contributed by atoms with E-state index in [4.69, 9.17) is 16.3 Å². The van der Waals surface area contributed by atoms with Crippen LogP contribution in [0.3, 0.4) is 0 Å². The first-order valence-electron chi connectivity index (χ1n) is 6.48. The predicted molar refractivity (Wildman–Crippen MR) is 72.5 cm³/mol. The Bertz CT molecular complexity index is 424. The van der Waals surface area contributed by atoms with Crippen LogP contribution < -0.4 is 10.1 Å². The second-order valence-electron chi connectivity index (χ2n) is 4.99.